The maximum Gasteiger partial charge on any atom is 0.327 e. The summed E-state index contributed by atoms with van der Waals surface area (Å²) in [6.07, 6.45) is 6.61. The highest BCUT2D eigenvalue weighted by atomic mass is 16.5. The normalized spacial score (nSPS) is 17.0. The van der Waals surface area contributed by atoms with Crippen LogP contribution in [0.4, 0.5) is 5.95 Å². The van der Waals surface area contributed by atoms with Crippen LogP contribution in [0.25, 0.3) is 11.7 Å². The second-order valence-electron chi connectivity index (χ2n) is 7.37. The van der Waals surface area contributed by atoms with E-state index in [0.717, 1.165) is 12.8 Å². The van der Waals surface area contributed by atoms with Crippen molar-refractivity contribution in [3.05, 3.63) is 41.4 Å². The monoisotopic (exact) mass is 434 g/mol. The summed E-state index contributed by atoms with van der Waals surface area (Å²) in [5.41, 5.74) is 1.45. The molecule has 3 N–H and O–H groups in total. The Hall–Kier alpha value is -4.35. The fourth-order valence-electron chi connectivity index (χ4n) is 3.17. The number of nitrogens with zero attached hydrogens (tertiary/aromatic N) is 5. The van der Waals surface area contributed by atoms with Gasteiger partial charge in [0.25, 0.3) is 11.8 Å². The molecule has 0 bridgehead atoms. The second kappa shape index (κ2) is 7.72. The molecule has 4 heterocycles. The van der Waals surface area contributed by atoms with Gasteiger partial charge in [0, 0.05) is 36.5 Å². The fraction of sp³-hybridized carbons (Fsp3) is 0.250. The van der Waals surface area contributed by atoms with Crippen LogP contribution in [0.2, 0.25) is 0 Å². The number of anilines is 1. The van der Waals surface area contributed by atoms with Gasteiger partial charge in [-0.2, -0.15) is 19.6 Å². The van der Waals surface area contributed by atoms with Gasteiger partial charge in [-0.15, -0.1) is 0 Å². The predicted molar refractivity (Wildman–Crippen MR) is 111 cm³/mol. The van der Waals surface area contributed by atoms with E-state index in [0.29, 0.717) is 28.5 Å². The van der Waals surface area contributed by atoms with Crippen LogP contribution in [0.1, 0.15) is 35.3 Å². The van der Waals surface area contributed by atoms with Crippen molar-refractivity contribution in [1.29, 1.82) is 0 Å². The Morgan fingerprint density at radius 2 is 2.16 bits per heavy atom. The molecule has 2 aliphatic rings. The largest absolute Gasteiger partial charge is 0.424 e. The Kier molecular flexibility index (Phi) is 4.73. The summed E-state index contributed by atoms with van der Waals surface area (Å²) < 4.78 is 7.34. The average Bonchev–Trinajstić information content (AvgIpc) is 3.42. The first-order chi connectivity index (χ1) is 15.5. The first kappa shape index (κ1) is 19.6. The maximum atomic E-state index is 12.0. The van der Waals surface area contributed by atoms with Crippen molar-refractivity contribution in [2.24, 2.45) is 0 Å². The van der Waals surface area contributed by atoms with E-state index in [1.54, 1.807) is 18.3 Å². The summed E-state index contributed by atoms with van der Waals surface area (Å²) >= 11 is 0. The third-order valence-electron chi connectivity index (χ3n) is 4.91. The van der Waals surface area contributed by atoms with Gasteiger partial charge in [-0.1, -0.05) is 0 Å². The molecular weight excluding hydrogens is 416 g/mol. The summed E-state index contributed by atoms with van der Waals surface area (Å²) in [5, 5.41) is 12.4. The summed E-state index contributed by atoms with van der Waals surface area (Å²) in [7, 11) is 1.51. The van der Waals surface area contributed by atoms with Crippen LogP contribution in [0.5, 0.6) is 11.8 Å². The lowest BCUT2D eigenvalue weighted by atomic mass is 10.1. The molecule has 12 heteroatoms. The molecular formula is C20H18N8O4. The zero-order valence-electron chi connectivity index (χ0n) is 17.0. The van der Waals surface area contributed by atoms with Crippen molar-refractivity contribution >= 4 is 35.4 Å². The van der Waals surface area contributed by atoms with Gasteiger partial charge in [0.1, 0.15) is 11.4 Å². The number of hydrogen-bond donors (Lipinski definition) is 3. The number of carbonyl (C=O) groups is 3. The lowest BCUT2D eigenvalue weighted by Gasteiger charge is -2.10. The SMILES string of the molecule is CNC(=O)c1cc(Oc2nc(NC3CC3)n3ncc(/C=C4\CC(=O)NC4=O)c3n2)ccn1. The molecule has 1 aliphatic carbocycles. The topological polar surface area (TPSA) is 152 Å². The van der Waals surface area contributed by atoms with E-state index < -0.39 is 5.91 Å². The molecule has 0 spiro atoms. The highest BCUT2D eigenvalue weighted by Crippen LogP contribution is 2.28. The van der Waals surface area contributed by atoms with E-state index in [-0.39, 0.29) is 36.0 Å². The Morgan fingerprint density at radius 1 is 1.31 bits per heavy atom. The molecule has 0 radical (unpaired) electrons. The average molecular weight is 434 g/mol. The zero-order valence-corrected chi connectivity index (χ0v) is 17.0. The van der Waals surface area contributed by atoms with Gasteiger partial charge in [0.05, 0.1) is 12.6 Å². The van der Waals surface area contributed by atoms with Crippen molar-refractivity contribution in [3.63, 3.8) is 0 Å². The molecule has 0 unspecified atom stereocenters. The molecule has 3 aromatic heterocycles. The Labute approximate surface area is 181 Å². The van der Waals surface area contributed by atoms with E-state index in [9.17, 15) is 14.4 Å². The van der Waals surface area contributed by atoms with Gasteiger partial charge in [-0.25, -0.2) is 0 Å². The van der Waals surface area contributed by atoms with Crippen LogP contribution < -0.4 is 20.7 Å². The first-order valence-corrected chi connectivity index (χ1v) is 9.93. The van der Waals surface area contributed by atoms with E-state index in [1.165, 1.54) is 23.8 Å². The molecule has 0 atom stereocenters. The number of ether oxygens (including phenoxy) is 1. The van der Waals surface area contributed by atoms with Gasteiger partial charge in [0.2, 0.25) is 11.9 Å². The Bertz CT molecular complexity index is 1290. The van der Waals surface area contributed by atoms with Crippen LogP contribution in [0.15, 0.2) is 30.1 Å². The summed E-state index contributed by atoms with van der Waals surface area (Å²) in [5.74, 6) is -0.367. The number of amides is 3. The second-order valence-corrected chi connectivity index (χ2v) is 7.37. The van der Waals surface area contributed by atoms with Crippen molar-refractivity contribution in [2.75, 3.05) is 12.4 Å². The maximum absolute atomic E-state index is 12.0. The molecule has 1 aliphatic heterocycles. The third kappa shape index (κ3) is 3.85. The summed E-state index contributed by atoms with van der Waals surface area (Å²) in [6, 6.07) is 3.38. The molecule has 2 fully saturated rings. The standard InChI is InChI=1S/C20H18N8O4/c1-21-18(31)14-8-13(4-5-22-14)32-20-26-16-11(6-10-7-15(29)25-17(10)30)9-23-28(16)19(27-20)24-12-2-3-12/h4-6,8-9,12H,2-3,7H2,1H3,(H,21,31)(H,24,26,27)(H,25,29,30)/b10-6+. The molecule has 3 amide bonds. The number of aromatic nitrogens is 5. The molecule has 12 nitrogen and oxygen atoms in total. The molecule has 1 saturated carbocycles. The molecule has 1 saturated heterocycles. The van der Waals surface area contributed by atoms with Gasteiger partial charge >= 0.3 is 6.01 Å². The van der Waals surface area contributed by atoms with E-state index in [2.05, 4.69) is 36.0 Å². The van der Waals surface area contributed by atoms with Crippen LogP contribution in [-0.2, 0) is 9.59 Å². The van der Waals surface area contributed by atoms with Gasteiger partial charge in [-0.05, 0) is 25.0 Å². The number of hydrogen-bond acceptors (Lipinski definition) is 9. The fourth-order valence-corrected chi connectivity index (χ4v) is 3.17. The number of imide groups is 1. The lowest BCUT2D eigenvalue weighted by molar-refractivity contribution is -0.124. The smallest absolute Gasteiger partial charge is 0.327 e. The summed E-state index contributed by atoms with van der Waals surface area (Å²) in [6.45, 7) is 0. The quantitative estimate of drug-likeness (QED) is 0.375. The lowest BCUT2D eigenvalue weighted by Crippen LogP contribution is -2.19. The molecule has 5 rings (SSSR count). The highest BCUT2D eigenvalue weighted by molar-refractivity contribution is 6.15. The Balaban J connectivity index is 1.54. The van der Waals surface area contributed by atoms with Crippen molar-refractivity contribution in [3.8, 4) is 11.8 Å². The molecule has 0 aromatic carbocycles. The molecule has 3 aromatic rings. The van der Waals surface area contributed by atoms with E-state index in [1.807, 2.05) is 0 Å². The first-order valence-electron chi connectivity index (χ1n) is 9.93. The molecule has 32 heavy (non-hydrogen) atoms. The van der Waals surface area contributed by atoms with Crippen LogP contribution in [0.3, 0.4) is 0 Å². The number of fused-ring (bicyclic) bond motifs is 1. The van der Waals surface area contributed by atoms with Crippen molar-refractivity contribution < 1.29 is 19.1 Å². The van der Waals surface area contributed by atoms with Crippen molar-refractivity contribution in [1.82, 2.24) is 35.2 Å². The van der Waals surface area contributed by atoms with Crippen LogP contribution >= 0.6 is 0 Å². The van der Waals surface area contributed by atoms with Gasteiger partial charge in [0.15, 0.2) is 5.65 Å². The number of rotatable bonds is 6. The minimum atomic E-state index is -0.435. The zero-order chi connectivity index (χ0) is 22.2. The summed E-state index contributed by atoms with van der Waals surface area (Å²) in [4.78, 5) is 48.2. The van der Waals surface area contributed by atoms with Crippen molar-refractivity contribution in [2.45, 2.75) is 25.3 Å². The van der Waals surface area contributed by atoms with Gasteiger partial charge in [-0.3, -0.25) is 24.7 Å². The van der Waals surface area contributed by atoms with E-state index >= 15 is 0 Å². The van der Waals surface area contributed by atoms with Crippen LogP contribution in [-0.4, -0.2) is 55.4 Å². The van der Waals surface area contributed by atoms with E-state index in [4.69, 9.17) is 4.74 Å². The molecule has 162 valence electrons. The predicted octanol–water partition coefficient (Wildman–Crippen LogP) is 0.675. The minimum absolute atomic E-state index is 0.00290. The highest BCUT2D eigenvalue weighted by Gasteiger charge is 2.26. The van der Waals surface area contributed by atoms with Gasteiger partial charge < -0.3 is 15.4 Å². The van der Waals surface area contributed by atoms with Crippen LogP contribution in [0, 0.1) is 0 Å². The number of carbonyl (C=O) groups excluding carboxylic acids is 3. The number of pyridine rings is 1. The minimum Gasteiger partial charge on any atom is -0.424 e. The Morgan fingerprint density at radius 3 is 2.88 bits per heavy atom. The number of nitrogens with one attached hydrogen (secondary N) is 3. The third-order valence-corrected chi connectivity index (χ3v) is 4.91.